The minimum Gasteiger partial charge on any atom is -0.494 e. The molecule has 0 radical (unpaired) electrons. The lowest BCUT2D eigenvalue weighted by Gasteiger charge is -2.29. The number of nitrogens with zero attached hydrogens (tertiary/aromatic N) is 3. The predicted octanol–water partition coefficient (Wildman–Crippen LogP) is 1.61. The number of benzene rings is 1. The Bertz CT molecular complexity index is 825. The van der Waals surface area contributed by atoms with Gasteiger partial charge in [0.2, 0.25) is 16.7 Å². The van der Waals surface area contributed by atoms with Gasteiger partial charge in [-0.25, -0.2) is 0 Å². The lowest BCUT2D eigenvalue weighted by atomic mass is 10.1. The Morgan fingerprint density at radius 2 is 2.04 bits per heavy atom. The number of carbonyl (C=O) groups excluding carboxylic acids is 3. The molecule has 0 aromatic heterocycles. The normalized spacial score (nSPS) is 21.1. The maximum atomic E-state index is 13.3. The summed E-state index contributed by atoms with van der Waals surface area (Å²) in [5.41, 5.74) is 1.33. The molecule has 2 aliphatic heterocycles. The number of hydrogen-bond donors (Lipinski definition) is 1. The minimum absolute atomic E-state index is 0.215. The number of amides is 3. The molecule has 9 heteroatoms. The minimum atomic E-state index is -1.37. The Morgan fingerprint density at radius 3 is 2.62 bits per heavy atom. The van der Waals surface area contributed by atoms with Gasteiger partial charge >= 0.3 is 0 Å². The van der Waals surface area contributed by atoms with Gasteiger partial charge in [-0.1, -0.05) is 0 Å². The fraction of sp³-hybridized carbons (Fsp3) is 0.412. The van der Waals surface area contributed by atoms with E-state index in [1.165, 1.54) is 13.8 Å². The number of hydrogen-bond acceptors (Lipinski definition) is 6. The van der Waals surface area contributed by atoms with Crippen LogP contribution in [0.15, 0.2) is 23.3 Å². The molecule has 3 rings (SSSR count). The quantitative estimate of drug-likeness (QED) is 0.865. The van der Waals surface area contributed by atoms with E-state index in [9.17, 15) is 14.4 Å². The molecule has 0 saturated heterocycles. The summed E-state index contributed by atoms with van der Waals surface area (Å²) in [6.07, 6.45) is 0. The van der Waals surface area contributed by atoms with Crippen LogP contribution in [-0.4, -0.2) is 41.0 Å². The zero-order valence-corrected chi connectivity index (χ0v) is 15.8. The number of anilines is 1. The van der Waals surface area contributed by atoms with Gasteiger partial charge < -0.3 is 15.0 Å². The number of fused-ring (bicyclic) bond motifs is 2. The van der Waals surface area contributed by atoms with Gasteiger partial charge in [0, 0.05) is 26.0 Å². The monoisotopic (exact) mass is 376 g/mol. The number of ether oxygens (including phenoxy) is 1. The van der Waals surface area contributed by atoms with E-state index in [-0.39, 0.29) is 17.0 Å². The summed E-state index contributed by atoms with van der Waals surface area (Å²) < 4.78 is 5.58. The maximum absolute atomic E-state index is 13.3. The summed E-state index contributed by atoms with van der Waals surface area (Å²) in [6.45, 7) is 7.36. The third kappa shape index (κ3) is 2.63. The van der Waals surface area contributed by atoms with E-state index in [1.54, 1.807) is 17.0 Å². The fourth-order valence-corrected chi connectivity index (χ4v) is 4.49. The van der Waals surface area contributed by atoms with Gasteiger partial charge in [0.05, 0.1) is 12.3 Å². The Morgan fingerprint density at radius 1 is 1.31 bits per heavy atom. The van der Waals surface area contributed by atoms with Crippen LogP contribution in [0.3, 0.4) is 0 Å². The molecule has 138 valence electrons. The van der Waals surface area contributed by atoms with Crippen molar-refractivity contribution in [3.63, 3.8) is 0 Å². The molecule has 1 aromatic carbocycles. The van der Waals surface area contributed by atoms with Crippen molar-refractivity contribution in [3.05, 3.63) is 23.8 Å². The summed E-state index contributed by atoms with van der Waals surface area (Å²) in [7, 11) is 0. The molecule has 3 amide bonds. The second kappa shape index (κ2) is 6.64. The van der Waals surface area contributed by atoms with Gasteiger partial charge in [-0.2, -0.15) is 5.01 Å². The first kappa shape index (κ1) is 18.2. The Kier molecular flexibility index (Phi) is 4.66. The highest BCUT2D eigenvalue weighted by molar-refractivity contribution is 8.15. The van der Waals surface area contributed by atoms with Crippen molar-refractivity contribution >= 4 is 40.3 Å². The second-order valence-electron chi connectivity index (χ2n) is 5.82. The number of carbonyl (C=O) groups is 3. The molecule has 1 unspecified atom stereocenters. The van der Waals surface area contributed by atoms with E-state index in [4.69, 9.17) is 4.74 Å². The van der Waals surface area contributed by atoms with E-state index < -0.39 is 10.8 Å². The highest BCUT2D eigenvalue weighted by Gasteiger charge is 2.61. The van der Waals surface area contributed by atoms with Crippen molar-refractivity contribution < 1.29 is 19.1 Å². The van der Waals surface area contributed by atoms with Crippen molar-refractivity contribution in [2.45, 2.75) is 32.6 Å². The molecule has 1 aromatic rings. The van der Waals surface area contributed by atoms with E-state index in [0.29, 0.717) is 30.2 Å². The number of thioether (sulfide) groups is 1. The molecular formula is C17H20N4O4S. The van der Waals surface area contributed by atoms with Crippen LogP contribution < -0.4 is 15.0 Å². The van der Waals surface area contributed by atoms with E-state index >= 15 is 0 Å². The number of nitrogens with one attached hydrogen (secondary N) is 1. The average molecular weight is 376 g/mol. The van der Waals surface area contributed by atoms with Crippen LogP contribution >= 0.6 is 11.8 Å². The second-order valence-corrected chi connectivity index (χ2v) is 7.01. The molecule has 2 heterocycles. The number of amidine groups is 1. The smallest absolute Gasteiger partial charge is 0.270 e. The molecule has 1 N–H and O–H groups in total. The van der Waals surface area contributed by atoms with Crippen LogP contribution in [0.5, 0.6) is 5.75 Å². The van der Waals surface area contributed by atoms with Crippen LogP contribution in [0.2, 0.25) is 0 Å². The van der Waals surface area contributed by atoms with Crippen LogP contribution in [0.1, 0.15) is 33.3 Å². The zero-order valence-electron chi connectivity index (χ0n) is 15.0. The summed E-state index contributed by atoms with van der Waals surface area (Å²) in [5.74, 6) is -0.379. The van der Waals surface area contributed by atoms with Crippen molar-refractivity contribution in [1.82, 2.24) is 10.3 Å². The summed E-state index contributed by atoms with van der Waals surface area (Å²) in [6, 6.07) is 5.37. The van der Waals surface area contributed by atoms with E-state index in [2.05, 4.69) is 10.4 Å². The van der Waals surface area contributed by atoms with Crippen LogP contribution in [0, 0.1) is 0 Å². The SMILES string of the molecule is CCOc1ccc2c(c1)C1(SC(NC(C)=O)=NN1C(C)=O)C(=O)N2CC. The van der Waals surface area contributed by atoms with Crippen LogP contribution in [0.4, 0.5) is 5.69 Å². The first-order chi connectivity index (χ1) is 12.3. The van der Waals surface area contributed by atoms with Gasteiger partial charge in [0.25, 0.3) is 5.91 Å². The summed E-state index contributed by atoms with van der Waals surface area (Å²) in [5, 5.41) is 8.14. The summed E-state index contributed by atoms with van der Waals surface area (Å²) in [4.78, 5) is 37.3. The molecule has 1 spiro atoms. The first-order valence-electron chi connectivity index (χ1n) is 8.30. The van der Waals surface area contributed by atoms with Crippen molar-refractivity contribution in [3.8, 4) is 5.75 Å². The summed E-state index contributed by atoms with van der Waals surface area (Å²) >= 11 is 1.06. The van der Waals surface area contributed by atoms with Crippen molar-refractivity contribution in [1.29, 1.82) is 0 Å². The molecule has 0 aliphatic carbocycles. The topological polar surface area (TPSA) is 91.3 Å². The third-order valence-electron chi connectivity index (χ3n) is 4.10. The molecular weight excluding hydrogens is 356 g/mol. The van der Waals surface area contributed by atoms with Gasteiger partial charge in [-0.05, 0) is 43.8 Å². The molecule has 0 saturated carbocycles. The Balaban J connectivity index is 2.17. The predicted molar refractivity (Wildman–Crippen MR) is 98.7 cm³/mol. The Labute approximate surface area is 155 Å². The van der Waals surface area contributed by atoms with Gasteiger partial charge in [-0.15, -0.1) is 5.10 Å². The third-order valence-corrected chi connectivity index (χ3v) is 5.34. The highest BCUT2D eigenvalue weighted by Crippen LogP contribution is 2.55. The van der Waals surface area contributed by atoms with Crippen molar-refractivity contribution in [2.75, 3.05) is 18.1 Å². The standard InChI is InChI=1S/C17H20N4O4S/c1-5-20-14-8-7-12(25-6-2)9-13(14)17(15(20)24)21(11(4)23)19-16(26-17)18-10(3)22/h7-9H,5-6H2,1-4H3,(H,18,19,22). The Hall–Kier alpha value is -2.55. The van der Waals surface area contributed by atoms with Crippen LogP contribution in [0.25, 0.3) is 0 Å². The van der Waals surface area contributed by atoms with Crippen LogP contribution in [-0.2, 0) is 19.3 Å². The van der Waals surface area contributed by atoms with Gasteiger partial charge in [0.15, 0.2) is 5.17 Å². The van der Waals surface area contributed by atoms with E-state index in [1.807, 2.05) is 19.9 Å². The van der Waals surface area contributed by atoms with Gasteiger partial charge in [-0.3, -0.25) is 14.4 Å². The molecule has 0 bridgehead atoms. The first-order valence-corrected chi connectivity index (χ1v) is 9.12. The molecule has 8 nitrogen and oxygen atoms in total. The number of hydrazone groups is 1. The average Bonchev–Trinajstić information content (AvgIpc) is 3.06. The van der Waals surface area contributed by atoms with Gasteiger partial charge in [0.1, 0.15) is 5.75 Å². The zero-order chi connectivity index (χ0) is 19.1. The maximum Gasteiger partial charge on any atom is 0.270 e. The lowest BCUT2D eigenvalue weighted by Crippen LogP contribution is -2.48. The molecule has 26 heavy (non-hydrogen) atoms. The molecule has 0 fully saturated rings. The number of likely N-dealkylation sites (N-methyl/N-ethyl adjacent to an activating group) is 1. The van der Waals surface area contributed by atoms with Crippen molar-refractivity contribution in [2.24, 2.45) is 5.10 Å². The molecule has 2 aliphatic rings. The van der Waals surface area contributed by atoms with E-state index in [0.717, 1.165) is 16.8 Å². The largest absolute Gasteiger partial charge is 0.494 e. The number of rotatable bonds is 3. The highest BCUT2D eigenvalue weighted by atomic mass is 32.2. The fourth-order valence-electron chi connectivity index (χ4n) is 3.16. The lowest BCUT2D eigenvalue weighted by molar-refractivity contribution is -0.139. The molecule has 1 atom stereocenters.